The highest BCUT2D eigenvalue weighted by atomic mass is 35.5. The van der Waals surface area contributed by atoms with Gasteiger partial charge in [0.2, 0.25) is 0 Å². The highest BCUT2D eigenvalue weighted by molar-refractivity contribution is 6.36. The largest absolute Gasteiger partial charge is 0.462 e. The number of likely N-dealkylation sites (tertiary alicyclic amines) is 1. The molecule has 9 nitrogen and oxygen atoms in total. The third-order valence-electron chi connectivity index (χ3n) is 8.20. The van der Waals surface area contributed by atoms with Crippen LogP contribution in [-0.4, -0.2) is 82.6 Å². The zero-order valence-corrected chi connectivity index (χ0v) is 24.2. The third-order valence-corrected chi connectivity index (χ3v) is 8.51. The minimum absolute atomic E-state index is 0.00211. The van der Waals surface area contributed by atoms with Gasteiger partial charge in [0.1, 0.15) is 23.6 Å². The maximum absolute atomic E-state index is 16.5. The lowest BCUT2D eigenvalue weighted by Gasteiger charge is -2.41. The SMILES string of the molecule is C=C(F)C(=O)N1CCN(c2nc(OCC3CCN3C)nc3c(F)c(-c4cccc5cccc(Cl)c45)ncc23)C[C@@H]1CC#N. The second-order valence-electron chi connectivity index (χ2n) is 10.8. The van der Waals surface area contributed by atoms with Gasteiger partial charge in [-0.15, -0.1) is 0 Å². The van der Waals surface area contributed by atoms with Crippen molar-refractivity contribution in [1.29, 1.82) is 5.26 Å². The third kappa shape index (κ3) is 5.32. The highest BCUT2D eigenvalue weighted by Gasteiger charge is 2.34. The smallest absolute Gasteiger partial charge is 0.319 e. The van der Waals surface area contributed by atoms with Crippen LogP contribution in [0.25, 0.3) is 32.9 Å². The van der Waals surface area contributed by atoms with E-state index in [1.165, 1.54) is 11.1 Å². The van der Waals surface area contributed by atoms with E-state index in [0.717, 1.165) is 18.4 Å². The van der Waals surface area contributed by atoms with Crippen LogP contribution in [0.4, 0.5) is 14.6 Å². The molecule has 4 aromatic rings. The van der Waals surface area contributed by atoms with Crippen molar-refractivity contribution in [3.8, 4) is 23.3 Å². The Hall–Kier alpha value is -4.40. The first-order valence-corrected chi connectivity index (χ1v) is 14.3. The Morgan fingerprint density at radius 2 is 1.98 bits per heavy atom. The number of benzene rings is 2. The second-order valence-corrected chi connectivity index (χ2v) is 11.2. The van der Waals surface area contributed by atoms with Crippen LogP contribution in [0.1, 0.15) is 12.8 Å². The van der Waals surface area contributed by atoms with Crippen molar-refractivity contribution >= 4 is 45.0 Å². The molecule has 2 aromatic heterocycles. The van der Waals surface area contributed by atoms with Gasteiger partial charge in [0.15, 0.2) is 11.6 Å². The molecule has 1 amide bonds. The van der Waals surface area contributed by atoms with Crippen molar-refractivity contribution in [2.24, 2.45) is 0 Å². The van der Waals surface area contributed by atoms with Crippen LogP contribution in [0.15, 0.2) is 55.0 Å². The molecule has 0 bridgehead atoms. The van der Waals surface area contributed by atoms with E-state index in [2.05, 4.69) is 32.5 Å². The summed E-state index contributed by atoms with van der Waals surface area (Å²) in [5, 5.41) is 11.8. The highest BCUT2D eigenvalue weighted by Crippen LogP contribution is 2.37. The summed E-state index contributed by atoms with van der Waals surface area (Å²) in [6, 6.07) is 12.6. The van der Waals surface area contributed by atoms with E-state index in [9.17, 15) is 14.4 Å². The molecule has 2 fully saturated rings. The zero-order valence-electron chi connectivity index (χ0n) is 23.4. The summed E-state index contributed by atoms with van der Waals surface area (Å²) >= 11 is 6.54. The number of nitrogens with zero attached hydrogens (tertiary/aromatic N) is 7. The lowest BCUT2D eigenvalue weighted by Crippen LogP contribution is -2.55. The standard InChI is InChI=1S/C31H28ClF2N7O2/c1-18(33)30(42)41-14-13-40(16-20(41)9-11-35)29-23-15-36-27(22-7-3-5-19-6-4-8-24(32)25(19)22)26(34)28(23)37-31(38-29)43-17-21-10-12-39(21)2/h3-8,15,20-21H,1,9-10,12-14,16-17H2,2H3/t20-,21?/m0/s1. The summed E-state index contributed by atoms with van der Waals surface area (Å²) in [6.07, 6.45) is 2.45. The molecular formula is C31H28ClF2N7O2. The Bertz CT molecular complexity index is 1790. The molecule has 43 heavy (non-hydrogen) atoms. The van der Waals surface area contributed by atoms with Gasteiger partial charge in [0.05, 0.1) is 23.9 Å². The quantitative estimate of drug-likeness (QED) is 0.268. The number of carbonyl (C=O) groups is 1. The molecule has 4 heterocycles. The number of hydrogen-bond donors (Lipinski definition) is 0. The fraction of sp³-hybridized carbons (Fsp3) is 0.323. The number of likely N-dealkylation sites (N-methyl/N-ethyl adjacent to an activating group) is 1. The lowest BCUT2D eigenvalue weighted by atomic mass is 10.0. The van der Waals surface area contributed by atoms with Crippen LogP contribution in [0.2, 0.25) is 5.02 Å². The number of ether oxygens (including phenoxy) is 1. The van der Waals surface area contributed by atoms with Gasteiger partial charge < -0.3 is 14.5 Å². The summed E-state index contributed by atoms with van der Waals surface area (Å²) in [4.78, 5) is 31.4. The van der Waals surface area contributed by atoms with Gasteiger partial charge in [-0.1, -0.05) is 48.5 Å². The van der Waals surface area contributed by atoms with Gasteiger partial charge in [-0.25, -0.2) is 8.78 Å². The fourth-order valence-electron chi connectivity index (χ4n) is 5.71. The fourth-order valence-corrected chi connectivity index (χ4v) is 5.99. The van der Waals surface area contributed by atoms with Gasteiger partial charge in [0.25, 0.3) is 5.91 Å². The first-order valence-electron chi connectivity index (χ1n) is 13.9. The van der Waals surface area contributed by atoms with E-state index in [1.807, 2.05) is 36.2 Å². The number of amides is 1. The summed E-state index contributed by atoms with van der Waals surface area (Å²) < 4.78 is 36.3. The molecular weight excluding hydrogens is 576 g/mol. The van der Waals surface area contributed by atoms with Crippen LogP contribution < -0.4 is 9.64 Å². The maximum Gasteiger partial charge on any atom is 0.319 e. The first kappa shape index (κ1) is 28.7. The van der Waals surface area contributed by atoms with Crippen molar-refractivity contribution in [2.45, 2.75) is 24.9 Å². The lowest BCUT2D eigenvalue weighted by molar-refractivity contribution is -0.131. The first-order chi connectivity index (χ1) is 20.8. The van der Waals surface area contributed by atoms with E-state index < -0.39 is 23.6 Å². The predicted octanol–water partition coefficient (Wildman–Crippen LogP) is 5.13. The van der Waals surface area contributed by atoms with E-state index in [0.29, 0.717) is 33.8 Å². The number of halogens is 3. The molecule has 0 spiro atoms. The maximum atomic E-state index is 16.5. The molecule has 2 aliphatic heterocycles. The van der Waals surface area contributed by atoms with Crippen LogP contribution in [0, 0.1) is 17.1 Å². The number of rotatable bonds is 7. The molecule has 0 aliphatic carbocycles. The Labute approximate surface area is 252 Å². The molecule has 0 saturated carbocycles. The average Bonchev–Trinajstić information content (AvgIpc) is 3.00. The van der Waals surface area contributed by atoms with Crippen LogP contribution in [-0.2, 0) is 4.79 Å². The number of aromatic nitrogens is 3. The van der Waals surface area contributed by atoms with E-state index >= 15 is 4.39 Å². The number of piperazine rings is 1. The summed E-state index contributed by atoms with van der Waals surface area (Å²) in [5.41, 5.74) is 0.622. The Balaban J connectivity index is 1.45. The molecule has 220 valence electrons. The Morgan fingerprint density at radius 1 is 1.19 bits per heavy atom. The van der Waals surface area contributed by atoms with Crippen molar-refractivity contribution in [2.75, 3.05) is 44.7 Å². The Morgan fingerprint density at radius 3 is 2.67 bits per heavy atom. The molecule has 2 aromatic carbocycles. The van der Waals surface area contributed by atoms with Crippen molar-refractivity contribution in [1.82, 2.24) is 24.8 Å². The molecule has 1 unspecified atom stereocenters. The van der Waals surface area contributed by atoms with E-state index in [4.69, 9.17) is 16.3 Å². The molecule has 0 radical (unpaired) electrons. The zero-order chi connectivity index (χ0) is 30.2. The second kappa shape index (κ2) is 11.7. The van der Waals surface area contributed by atoms with Crippen LogP contribution >= 0.6 is 11.6 Å². The monoisotopic (exact) mass is 603 g/mol. The molecule has 12 heteroatoms. The van der Waals surface area contributed by atoms with Crippen molar-refractivity contribution in [3.05, 3.63) is 65.8 Å². The average molecular weight is 604 g/mol. The molecule has 0 N–H and O–H groups in total. The van der Waals surface area contributed by atoms with Gasteiger partial charge in [-0.05, 0) is 31.5 Å². The summed E-state index contributed by atoms with van der Waals surface area (Å²) in [7, 11) is 2.00. The minimum Gasteiger partial charge on any atom is -0.462 e. The van der Waals surface area contributed by atoms with Crippen LogP contribution in [0.5, 0.6) is 6.01 Å². The predicted molar refractivity (Wildman–Crippen MR) is 160 cm³/mol. The normalized spacial score (nSPS) is 18.9. The van der Waals surface area contributed by atoms with Crippen molar-refractivity contribution in [3.63, 3.8) is 0 Å². The number of anilines is 1. The van der Waals surface area contributed by atoms with E-state index in [1.54, 1.807) is 12.1 Å². The molecule has 2 atom stereocenters. The van der Waals surface area contributed by atoms with Gasteiger partial charge in [-0.3, -0.25) is 14.7 Å². The molecule has 2 aliphatic rings. The number of carbonyl (C=O) groups excluding carboxylic acids is 1. The molecule has 2 saturated heterocycles. The van der Waals surface area contributed by atoms with Crippen molar-refractivity contribution < 1.29 is 18.3 Å². The number of pyridine rings is 1. The number of fused-ring (bicyclic) bond motifs is 2. The number of hydrogen-bond acceptors (Lipinski definition) is 8. The number of nitriles is 1. The van der Waals surface area contributed by atoms with Gasteiger partial charge in [-0.2, -0.15) is 15.2 Å². The Kier molecular flexibility index (Phi) is 7.81. The minimum atomic E-state index is -1.09. The topological polar surface area (TPSA) is 98.5 Å². The summed E-state index contributed by atoms with van der Waals surface area (Å²) in [5.74, 6) is -2.25. The van der Waals surface area contributed by atoms with Gasteiger partial charge in [0, 0.05) is 47.8 Å². The molecule has 6 rings (SSSR count). The van der Waals surface area contributed by atoms with Gasteiger partial charge >= 0.3 is 6.01 Å². The van der Waals surface area contributed by atoms with Crippen LogP contribution in [0.3, 0.4) is 0 Å². The van der Waals surface area contributed by atoms with E-state index in [-0.39, 0.29) is 49.3 Å². The summed E-state index contributed by atoms with van der Waals surface area (Å²) in [6.45, 7) is 4.94.